The predicted octanol–water partition coefficient (Wildman–Crippen LogP) is 0.0689. The maximum absolute atomic E-state index is 11.7. The van der Waals surface area contributed by atoms with Gasteiger partial charge in [0.15, 0.2) is 6.29 Å². The summed E-state index contributed by atoms with van der Waals surface area (Å²) in [6.45, 7) is 0. The van der Waals surface area contributed by atoms with Crippen LogP contribution in [0.5, 0.6) is 5.75 Å². The largest absolute Gasteiger partial charge is 1.00 e. The SMILES string of the molecule is COC(=O)C(c1ccccc1O)C(OC)OC.Cl.Cl.Cl.Cl.[H-].[Na+].[Ti]. The number of carbonyl (C=O) groups is 1. The van der Waals surface area contributed by atoms with Crippen LogP contribution in [0, 0.1) is 0 Å². The van der Waals surface area contributed by atoms with E-state index in [4.69, 9.17) is 14.2 Å². The first-order valence-electron chi connectivity index (χ1n) is 5.07. The van der Waals surface area contributed by atoms with Gasteiger partial charge in [0.2, 0.25) is 0 Å². The molecule has 1 rings (SSSR count). The molecule has 5 nitrogen and oxygen atoms in total. The van der Waals surface area contributed by atoms with Crippen LogP contribution in [0.15, 0.2) is 24.3 Å². The molecule has 0 radical (unpaired) electrons. The Kier molecular flexibility index (Phi) is 36.5. The molecule has 1 aromatic rings. The van der Waals surface area contributed by atoms with Crippen LogP contribution in [-0.2, 0) is 40.7 Å². The Morgan fingerprint density at radius 1 is 1.04 bits per heavy atom. The van der Waals surface area contributed by atoms with E-state index in [1.54, 1.807) is 18.2 Å². The minimum atomic E-state index is -0.823. The van der Waals surface area contributed by atoms with Crippen molar-refractivity contribution in [1.29, 1.82) is 0 Å². The number of halogens is 4. The Bertz CT molecular complexity index is 405. The van der Waals surface area contributed by atoms with Gasteiger partial charge in [-0.3, -0.25) is 4.79 Å². The van der Waals surface area contributed by atoms with Crippen LogP contribution in [0.3, 0.4) is 0 Å². The van der Waals surface area contributed by atoms with Crippen LogP contribution in [0.4, 0.5) is 0 Å². The van der Waals surface area contributed by atoms with Gasteiger partial charge in [-0.1, -0.05) is 18.2 Å². The van der Waals surface area contributed by atoms with Crippen LogP contribution in [0.1, 0.15) is 12.9 Å². The van der Waals surface area contributed by atoms with Crippen molar-refractivity contribution in [2.24, 2.45) is 0 Å². The summed E-state index contributed by atoms with van der Waals surface area (Å²) < 4.78 is 14.8. The van der Waals surface area contributed by atoms with Crippen LogP contribution in [0.25, 0.3) is 0 Å². The summed E-state index contributed by atoms with van der Waals surface area (Å²) >= 11 is 0. The molecule has 132 valence electrons. The fourth-order valence-corrected chi connectivity index (χ4v) is 1.63. The van der Waals surface area contributed by atoms with Crippen LogP contribution >= 0.6 is 49.6 Å². The number of carbonyl (C=O) groups excluding carboxylic acids is 1. The van der Waals surface area contributed by atoms with E-state index in [2.05, 4.69) is 0 Å². The summed E-state index contributed by atoms with van der Waals surface area (Å²) in [6.07, 6.45) is -0.809. The first-order chi connectivity index (χ1) is 8.15. The molecule has 0 bridgehead atoms. The van der Waals surface area contributed by atoms with Crippen molar-refractivity contribution in [3.8, 4) is 5.75 Å². The number of methoxy groups -OCH3 is 3. The standard InChI is InChI=1S/C12H16O5.4ClH.Na.Ti.H/c1-15-11(14)10(12(16-2)17-3)8-6-4-5-7-9(8)13;;;;;;;/h4-7,10,12-13H,1-3H3;4*1H;;;/q;;;;;+1;;-1. The Morgan fingerprint density at radius 3 is 1.83 bits per heavy atom. The third kappa shape index (κ3) is 11.5. The maximum atomic E-state index is 11.7. The second-order valence-electron chi connectivity index (χ2n) is 3.40. The van der Waals surface area contributed by atoms with E-state index in [0.29, 0.717) is 5.56 Å². The minimum absolute atomic E-state index is 0. The number of phenols is 1. The van der Waals surface area contributed by atoms with E-state index < -0.39 is 18.2 Å². The number of hydrogen-bond acceptors (Lipinski definition) is 5. The van der Waals surface area contributed by atoms with Crippen molar-refractivity contribution in [3.63, 3.8) is 0 Å². The number of phenolic OH excluding ortho intramolecular Hbond substituents is 1. The molecule has 0 aliphatic heterocycles. The molecule has 0 saturated heterocycles. The first-order valence-corrected chi connectivity index (χ1v) is 5.07. The zero-order chi connectivity index (χ0) is 12.8. The molecular weight excluding hydrogens is 437 g/mol. The molecule has 0 saturated carbocycles. The van der Waals surface area contributed by atoms with Gasteiger partial charge in [0, 0.05) is 41.5 Å². The number of hydrogen-bond donors (Lipinski definition) is 1. The van der Waals surface area contributed by atoms with Gasteiger partial charge in [-0.25, -0.2) is 0 Å². The summed E-state index contributed by atoms with van der Waals surface area (Å²) in [5, 5.41) is 9.75. The molecule has 0 fully saturated rings. The van der Waals surface area contributed by atoms with Crippen molar-refractivity contribution in [2.45, 2.75) is 12.2 Å². The van der Waals surface area contributed by atoms with Gasteiger partial charge < -0.3 is 20.7 Å². The third-order valence-electron chi connectivity index (χ3n) is 2.46. The van der Waals surface area contributed by atoms with Gasteiger partial charge in [0.25, 0.3) is 0 Å². The van der Waals surface area contributed by atoms with Gasteiger partial charge in [0.1, 0.15) is 11.7 Å². The summed E-state index contributed by atoms with van der Waals surface area (Å²) in [7, 11) is 4.12. The molecule has 0 aromatic heterocycles. The van der Waals surface area contributed by atoms with Crippen molar-refractivity contribution < 1.29 is 76.8 Å². The molecular formula is C12H21Cl4NaO5Ti. The minimum Gasteiger partial charge on any atom is -1.00 e. The van der Waals surface area contributed by atoms with E-state index >= 15 is 0 Å². The molecule has 1 N–H and O–H groups in total. The quantitative estimate of drug-likeness (QED) is 0.385. The molecule has 23 heavy (non-hydrogen) atoms. The average Bonchev–Trinajstić information content (AvgIpc) is 2.36. The molecule has 1 unspecified atom stereocenters. The van der Waals surface area contributed by atoms with E-state index in [1.807, 2.05) is 0 Å². The van der Waals surface area contributed by atoms with Crippen molar-refractivity contribution in [1.82, 2.24) is 0 Å². The van der Waals surface area contributed by atoms with Gasteiger partial charge in [0.05, 0.1) is 7.11 Å². The summed E-state index contributed by atoms with van der Waals surface area (Å²) in [5.74, 6) is -1.35. The van der Waals surface area contributed by atoms with Crippen LogP contribution in [-0.4, -0.2) is 38.7 Å². The first kappa shape index (κ1) is 39.4. The Morgan fingerprint density at radius 2 is 1.48 bits per heavy atom. The van der Waals surface area contributed by atoms with Crippen molar-refractivity contribution >= 4 is 55.6 Å². The number of para-hydroxylation sites is 1. The summed E-state index contributed by atoms with van der Waals surface area (Å²) in [6, 6.07) is 6.50. The predicted molar refractivity (Wildman–Crippen MR) is 90.8 cm³/mol. The maximum Gasteiger partial charge on any atom is 1.00 e. The van der Waals surface area contributed by atoms with Crippen molar-refractivity contribution in [2.75, 3.05) is 21.3 Å². The van der Waals surface area contributed by atoms with E-state index in [-0.39, 0.29) is 108 Å². The smallest absolute Gasteiger partial charge is 1.00 e. The number of esters is 1. The van der Waals surface area contributed by atoms with Crippen LogP contribution < -0.4 is 29.6 Å². The monoisotopic (exact) mass is 456 g/mol. The zero-order valence-corrected chi connectivity index (χ0v) is 20.0. The number of rotatable bonds is 5. The Balaban J connectivity index is -0.0000000826. The molecule has 1 aromatic carbocycles. The fourth-order valence-electron chi connectivity index (χ4n) is 1.63. The molecule has 0 amide bonds. The molecule has 1 atom stereocenters. The van der Waals surface area contributed by atoms with Gasteiger partial charge in [-0.2, -0.15) is 0 Å². The topological polar surface area (TPSA) is 65.0 Å². The number of benzene rings is 1. The van der Waals surface area contributed by atoms with Gasteiger partial charge in [-0.05, 0) is 6.07 Å². The van der Waals surface area contributed by atoms with E-state index in [0.717, 1.165) is 0 Å². The second kappa shape index (κ2) is 21.3. The van der Waals surface area contributed by atoms with Crippen molar-refractivity contribution in [3.05, 3.63) is 29.8 Å². The normalized spacial score (nSPS) is 9.22. The Hall–Kier alpha value is 1.28. The van der Waals surface area contributed by atoms with Gasteiger partial charge >= 0.3 is 35.5 Å². The molecule has 0 spiro atoms. The third-order valence-corrected chi connectivity index (χ3v) is 2.46. The second-order valence-corrected chi connectivity index (χ2v) is 3.40. The zero-order valence-electron chi connectivity index (χ0n) is 14.2. The summed E-state index contributed by atoms with van der Waals surface area (Å²) in [5.41, 5.74) is 0.410. The molecule has 0 aliphatic carbocycles. The number of ether oxygens (including phenoxy) is 3. The fraction of sp³-hybridized carbons (Fsp3) is 0.417. The Labute approximate surface area is 199 Å². The molecule has 0 aliphatic rings. The summed E-state index contributed by atoms with van der Waals surface area (Å²) in [4.78, 5) is 11.7. The average molecular weight is 458 g/mol. The van der Waals surface area contributed by atoms with E-state index in [1.165, 1.54) is 27.4 Å². The molecule has 0 heterocycles. The molecule has 11 heteroatoms. The van der Waals surface area contributed by atoms with Gasteiger partial charge in [-0.15, -0.1) is 49.6 Å². The van der Waals surface area contributed by atoms with E-state index in [9.17, 15) is 9.90 Å². The van der Waals surface area contributed by atoms with Crippen LogP contribution in [0.2, 0.25) is 0 Å². The number of aromatic hydroxyl groups is 1.